The van der Waals surface area contributed by atoms with Crippen LogP contribution in [-0.2, 0) is 9.53 Å². The second-order valence-corrected chi connectivity index (χ2v) is 4.26. The summed E-state index contributed by atoms with van der Waals surface area (Å²) in [5.41, 5.74) is 0. The van der Waals surface area contributed by atoms with Crippen molar-refractivity contribution >= 4 is 5.91 Å². The first-order chi connectivity index (χ1) is 7.66. The van der Waals surface area contributed by atoms with Gasteiger partial charge in [0.05, 0.1) is 0 Å². The number of hydrogen-bond donors (Lipinski definition) is 2. The summed E-state index contributed by atoms with van der Waals surface area (Å²) < 4.78 is 4.95. The first-order valence-electron chi connectivity index (χ1n) is 6.16. The lowest BCUT2D eigenvalue weighted by Crippen LogP contribution is -2.31. The molecule has 0 heterocycles. The van der Waals surface area contributed by atoms with Gasteiger partial charge in [0.2, 0.25) is 5.91 Å². The molecule has 0 saturated heterocycles. The Balaban J connectivity index is 3.17. The first-order valence-corrected chi connectivity index (χ1v) is 6.16. The lowest BCUT2D eigenvalue weighted by molar-refractivity contribution is -0.121. The Kier molecular flexibility index (Phi) is 10.5. The molecule has 0 aromatic heterocycles. The quantitative estimate of drug-likeness (QED) is 0.556. The van der Waals surface area contributed by atoms with Crippen LogP contribution in [0.3, 0.4) is 0 Å². The van der Waals surface area contributed by atoms with Crippen LogP contribution >= 0.6 is 0 Å². The van der Waals surface area contributed by atoms with Crippen LogP contribution in [0.5, 0.6) is 0 Å². The number of unbranched alkanes of at least 4 members (excludes halogenated alkanes) is 2. The molecule has 96 valence electrons. The van der Waals surface area contributed by atoms with E-state index in [-0.39, 0.29) is 5.91 Å². The van der Waals surface area contributed by atoms with E-state index in [0.717, 1.165) is 39.0 Å². The summed E-state index contributed by atoms with van der Waals surface area (Å²) >= 11 is 0. The molecule has 0 aromatic rings. The van der Waals surface area contributed by atoms with Gasteiger partial charge in [-0.25, -0.2) is 0 Å². The van der Waals surface area contributed by atoms with Gasteiger partial charge in [-0.1, -0.05) is 13.8 Å². The molecule has 4 heteroatoms. The van der Waals surface area contributed by atoms with E-state index in [2.05, 4.69) is 24.5 Å². The minimum atomic E-state index is 0.139. The molecule has 0 spiro atoms. The largest absolute Gasteiger partial charge is 0.385 e. The number of rotatable bonds is 10. The van der Waals surface area contributed by atoms with Gasteiger partial charge in [0.15, 0.2) is 0 Å². The molecule has 16 heavy (non-hydrogen) atoms. The number of nitrogens with one attached hydrogen (secondary N) is 2. The topological polar surface area (TPSA) is 50.4 Å². The molecule has 4 nitrogen and oxygen atoms in total. The van der Waals surface area contributed by atoms with Crippen LogP contribution in [0, 0.1) is 0 Å². The molecule has 0 aliphatic rings. The van der Waals surface area contributed by atoms with Crippen LogP contribution < -0.4 is 10.6 Å². The monoisotopic (exact) mass is 230 g/mol. The second kappa shape index (κ2) is 10.9. The number of ether oxygens (including phenoxy) is 1. The lowest BCUT2D eigenvalue weighted by atomic mass is 10.2. The zero-order chi connectivity index (χ0) is 12.2. The number of carbonyl (C=O) groups is 1. The summed E-state index contributed by atoms with van der Waals surface area (Å²) in [5.74, 6) is 0.139. The summed E-state index contributed by atoms with van der Waals surface area (Å²) in [6.07, 6.45) is 3.78. The maximum absolute atomic E-state index is 11.3. The fraction of sp³-hybridized carbons (Fsp3) is 0.917. The van der Waals surface area contributed by atoms with Crippen LogP contribution in [0.25, 0.3) is 0 Å². The van der Waals surface area contributed by atoms with Gasteiger partial charge >= 0.3 is 0 Å². The van der Waals surface area contributed by atoms with Crippen LogP contribution in [0.4, 0.5) is 0 Å². The standard InChI is InChI=1S/C12H26N2O2/c1-11(2)13-9-7-12(15)14-8-5-4-6-10-16-3/h11,13H,4-10H2,1-3H3,(H,14,15). The third-order valence-electron chi connectivity index (χ3n) is 2.25. The zero-order valence-corrected chi connectivity index (χ0v) is 10.8. The Hall–Kier alpha value is -0.610. The molecule has 0 unspecified atom stereocenters. The van der Waals surface area contributed by atoms with Crippen molar-refractivity contribution in [1.82, 2.24) is 10.6 Å². The molecule has 0 bridgehead atoms. The third kappa shape index (κ3) is 11.5. The molecule has 0 aliphatic carbocycles. The minimum Gasteiger partial charge on any atom is -0.385 e. The fourth-order valence-corrected chi connectivity index (χ4v) is 1.34. The molecule has 0 aliphatic heterocycles. The Bertz CT molecular complexity index is 172. The van der Waals surface area contributed by atoms with Crippen LogP contribution in [0.2, 0.25) is 0 Å². The number of carbonyl (C=O) groups excluding carboxylic acids is 1. The fourth-order valence-electron chi connectivity index (χ4n) is 1.34. The Labute approximate surface area is 99.1 Å². The van der Waals surface area contributed by atoms with Gasteiger partial charge in [0.1, 0.15) is 0 Å². The number of hydrogen-bond acceptors (Lipinski definition) is 3. The molecule has 0 atom stereocenters. The van der Waals surface area contributed by atoms with E-state index in [9.17, 15) is 4.79 Å². The highest BCUT2D eigenvalue weighted by atomic mass is 16.5. The highest BCUT2D eigenvalue weighted by Crippen LogP contribution is 1.93. The van der Waals surface area contributed by atoms with Gasteiger partial charge < -0.3 is 15.4 Å². The van der Waals surface area contributed by atoms with E-state index in [4.69, 9.17) is 4.74 Å². The van der Waals surface area contributed by atoms with Gasteiger partial charge in [-0.15, -0.1) is 0 Å². The normalized spacial score (nSPS) is 10.8. The average Bonchev–Trinajstić information content (AvgIpc) is 2.22. The van der Waals surface area contributed by atoms with Gasteiger partial charge in [-0.05, 0) is 19.3 Å². The molecule has 1 amide bonds. The smallest absolute Gasteiger partial charge is 0.221 e. The van der Waals surface area contributed by atoms with Gasteiger partial charge in [-0.3, -0.25) is 4.79 Å². The first kappa shape index (κ1) is 15.4. The molecule has 0 fully saturated rings. The molecule has 0 aromatic carbocycles. The lowest BCUT2D eigenvalue weighted by Gasteiger charge is -2.08. The van der Waals surface area contributed by atoms with Crippen molar-refractivity contribution in [1.29, 1.82) is 0 Å². The molecule has 0 saturated carbocycles. The van der Waals surface area contributed by atoms with Crippen molar-refractivity contribution in [2.75, 3.05) is 26.8 Å². The minimum absolute atomic E-state index is 0.139. The Morgan fingerprint density at radius 3 is 2.56 bits per heavy atom. The zero-order valence-electron chi connectivity index (χ0n) is 10.8. The molecule has 0 rings (SSSR count). The van der Waals surface area contributed by atoms with E-state index in [1.807, 2.05) is 0 Å². The summed E-state index contributed by atoms with van der Waals surface area (Å²) in [4.78, 5) is 11.3. The molecule has 2 N–H and O–H groups in total. The number of amides is 1. The predicted octanol–water partition coefficient (Wildman–Crippen LogP) is 1.31. The summed E-state index contributed by atoms with van der Waals surface area (Å²) in [7, 11) is 1.71. The van der Waals surface area contributed by atoms with Gasteiger partial charge in [-0.2, -0.15) is 0 Å². The SMILES string of the molecule is COCCCCCNC(=O)CCNC(C)C. The van der Waals surface area contributed by atoms with Crippen molar-refractivity contribution in [2.45, 2.75) is 45.6 Å². The highest BCUT2D eigenvalue weighted by molar-refractivity contribution is 5.75. The van der Waals surface area contributed by atoms with E-state index in [0.29, 0.717) is 12.5 Å². The van der Waals surface area contributed by atoms with Crippen molar-refractivity contribution in [2.24, 2.45) is 0 Å². The Morgan fingerprint density at radius 1 is 1.19 bits per heavy atom. The van der Waals surface area contributed by atoms with Crippen molar-refractivity contribution < 1.29 is 9.53 Å². The van der Waals surface area contributed by atoms with Crippen molar-refractivity contribution in [3.05, 3.63) is 0 Å². The summed E-state index contributed by atoms with van der Waals surface area (Å²) in [6.45, 7) is 6.51. The summed E-state index contributed by atoms with van der Waals surface area (Å²) in [5, 5.41) is 6.13. The van der Waals surface area contributed by atoms with E-state index >= 15 is 0 Å². The van der Waals surface area contributed by atoms with Crippen LogP contribution in [-0.4, -0.2) is 38.8 Å². The molecular formula is C12H26N2O2. The van der Waals surface area contributed by atoms with E-state index < -0.39 is 0 Å². The van der Waals surface area contributed by atoms with Gasteiger partial charge in [0.25, 0.3) is 0 Å². The summed E-state index contributed by atoms with van der Waals surface area (Å²) in [6, 6.07) is 0.446. The molecular weight excluding hydrogens is 204 g/mol. The van der Waals surface area contributed by atoms with Crippen molar-refractivity contribution in [3.63, 3.8) is 0 Å². The third-order valence-corrected chi connectivity index (χ3v) is 2.25. The maximum atomic E-state index is 11.3. The van der Waals surface area contributed by atoms with Crippen molar-refractivity contribution in [3.8, 4) is 0 Å². The van der Waals surface area contributed by atoms with Gasteiger partial charge in [0, 0.05) is 39.3 Å². The predicted molar refractivity (Wildman–Crippen MR) is 66.5 cm³/mol. The maximum Gasteiger partial charge on any atom is 0.221 e. The van der Waals surface area contributed by atoms with Crippen LogP contribution in [0.1, 0.15) is 39.5 Å². The average molecular weight is 230 g/mol. The van der Waals surface area contributed by atoms with E-state index in [1.54, 1.807) is 7.11 Å². The van der Waals surface area contributed by atoms with E-state index in [1.165, 1.54) is 0 Å². The number of methoxy groups -OCH3 is 1. The second-order valence-electron chi connectivity index (χ2n) is 4.26. The highest BCUT2D eigenvalue weighted by Gasteiger charge is 2.00. The van der Waals surface area contributed by atoms with Crippen LogP contribution in [0.15, 0.2) is 0 Å². The Morgan fingerprint density at radius 2 is 1.94 bits per heavy atom. The molecule has 0 radical (unpaired) electrons.